The zero-order valence-electron chi connectivity index (χ0n) is 14.9. The maximum absolute atomic E-state index is 5.35. The van der Waals surface area contributed by atoms with Crippen LogP contribution in [0.15, 0.2) is 16.6 Å². The van der Waals surface area contributed by atoms with Gasteiger partial charge in [-0.2, -0.15) is 0 Å². The van der Waals surface area contributed by atoms with E-state index in [9.17, 15) is 0 Å². The Morgan fingerprint density at radius 2 is 2.13 bits per heavy atom. The Kier molecular flexibility index (Phi) is 9.15. The first kappa shape index (κ1) is 18.3. The summed E-state index contributed by atoms with van der Waals surface area (Å²) >= 11 is 0. The first-order chi connectivity index (χ1) is 11.4. The van der Waals surface area contributed by atoms with E-state index in [4.69, 9.17) is 9.73 Å². The van der Waals surface area contributed by atoms with Gasteiger partial charge in [-0.1, -0.05) is 50.2 Å². The highest BCUT2D eigenvalue weighted by Crippen LogP contribution is 2.28. The molecule has 0 amide bonds. The van der Waals surface area contributed by atoms with E-state index in [1.807, 2.05) is 0 Å². The van der Waals surface area contributed by atoms with Crippen LogP contribution in [0.25, 0.3) is 0 Å². The molecule has 132 valence electrons. The van der Waals surface area contributed by atoms with Gasteiger partial charge in [0.05, 0.1) is 13.2 Å². The fourth-order valence-electron chi connectivity index (χ4n) is 3.51. The molecule has 0 aromatic rings. The molecule has 4 heteroatoms. The van der Waals surface area contributed by atoms with Gasteiger partial charge in [-0.05, 0) is 32.1 Å². The summed E-state index contributed by atoms with van der Waals surface area (Å²) in [6.45, 7) is 6.60. The van der Waals surface area contributed by atoms with Gasteiger partial charge in [0.2, 0.25) is 0 Å². The Balaban J connectivity index is 1.58. The van der Waals surface area contributed by atoms with E-state index in [-0.39, 0.29) is 0 Å². The van der Waals surface area contributed by atoms with Crippen LogP contribution < -0.4 is 10.6 Å². The molecule has 0 spiro atoms. The van der Waals surface area contributed by atoms with Gasteiger partial charge in [-0.25, -0.2) is 0 Å². The number of hydrogen-bond donors (Lipinski definition) is 2. The number of unbranched alkanes of at least 4 members (excludes halogenated alkanes) is 1. The third-order valence-electron chi connectivity index (χ3n) is 4.91. The van der Waals surface area contributed by atoms with Crippen LogP contribution in [0.2, 0.25) is 0 Å². The van der Waals surface area contributed by atoms with Gasteiger partial charge in [-0.15, -0.1) is 0 Å². The highest BCUT2D eigenvalue weighted by atomic mass is 16.5. The van der Waals surface area contributed by atoms with Crippen molar-refractivity contribution in [1.29, 1.82) is 0 Å². The van der Waals surface area contributed by atoms with Crippen molar-refractivity contribution in [2.45, 2.75) is 64.7 Å². The Bertz CT molecular complexity index is 373. The van der Waals surface area contributed by atoms with E-state index >= 15 is 0 Å². The Morgan fingerprint density at radius 3 is 2.87 bits per heavy atom. The minimum Gasteiger partial charge on any atom is -0.377 e. The zero-order valence-corrected chi connectivity index (χ0v) is 14.9. The molecular weight excluding hydrogens is 286 g/mol. The maximum atomic E-state index is 5.35. The van der Waals surface area contributed by atoms with Crippen molar-refractivity contribution in [3.8, 4) is 0 Å². The second-order valence-electron chi connectivity index (χ2n) is 6.77. The summed E-state index contributed by atoms with van der Waals surface area (Å²) in [5.74, 6) is 1.99. The van der Waals surface area contributed by atoms with Crippen molar-refractivity contribution in [1.82, 2.24) is 10.6 Å². The fraction of sp³-hybridized carbons (Fsp3) is 0.842. The van der Waals surface area contributed by atoms with Crippen LogP contribution in [-0.4, -0.2) is 38.8 Å². The average molecular weight is 322 g/mol. The number of guanidine groups is 1. The molecule has 0 saturated heterocycles. The van der Waals surface area contributed by atoms with Crippen molar-refractivity contribution in [3.05, 3.63) is 11.6 Å². The standard InChI is InChI=1S/C19H35N3O/c1-2-20-19(22-14-10-18-11-15-23-16-12-18)21-13-6-5-9-17-7-3-4-8-17/h11,17H,2-10,12-16H2,1H3,(H2,20,21,22). The van der Waals surface area contributed by atoms with Crippen molar-refractivity contribution >= 4 is 5.96 Å². The monoisotopic (exact) mass is 321 g/mol. The number of hydrogen-bond acceptors (Lipinski definition) is 2. The Hall–Kier alpha value is -1.03. The van der Waals surface area contributed by atoms with Crippen LogP contribution >= 0.6 is 0 Å². The molecule has 1 aliphatic heterocycles. The van der Waals surface area contributed by atoms with Gasteiger partial charge < -0.3 is 15.4 Å². The summed E-state index contributed by atoms with van der Waals surface area (Å²) in [6, 6.07) is 0. The van der Waals surface area contributed by atoms with Crippen molar-refractivity contribution in [2.75, 3.05) is 32.8 Å². The van der Waals surface area contributed by atoms with Crippen molar-refractivity contribution in [3.63, 3.8) is 0 Å². The number of nitrogens with zero attached hydrogens (tertiary/aromatic N) is 1. The summed E-state index contributed by atoms with van der Waals surface area (Å²) in [6.07, 6.45) is 14.2. The molecule has 2 aliphatic rings. The lowest BCUT2D eigenvalue weighted by Gasteiger charge is -2.15. The van der Waals surface area contributed by atoms with Gasteiger partial charge in [0.25, 0.3) is 0 Å². The fourth-order valence-corrected chi connectivity index (χ4v) is 3.51. The Labute approximate surface area is 142 Å². The van der Waals surface area contributed by atoms with Gasteiger partial charge in [0.15, 0.2) is 5.96 Å². The first-order valence-corrected chi connectivity index (χ1v) is 9.66. The van der Waals surface area contributed by atoms with Crippen LogP contribution in [0.1, 0.15) is 64.7 Å². The minimum absolute atomic E-state index is 0.782. The molecule has 1 saturated carbocycles. The molecule has 4 nitrogen and oxygen atoms in total. The topological polar surface area (TPSA) is 45.7 Å². The van der Waals surface area contributed by atoms with Crippen LogP contribution in [0.4, 0.5) is 0 Å². The number of rotatable bonds is 9. The molecule has 0 atom stereocenters. The normalized spacial score (nSPS) is 19.7. The van der Waals surface area contributed by atoms with E-state index in [0.717, 1.165) is 57.6 Å². The molecule has 2 N–H and O–H groups in total. The summed E-state index contributed by atoms with van der Waals surface area (Å²) < 4.78 is 5.35. The predicted molar refractivity (Wildman–Crippen MR) is 97.9 cm³/mol. The van der Waals surface area contributed by atoms with Crippen LogP contribution in [-0.2, 0) is 4.74 Å². The predicted octanol–water partition coefficient (Wildman–Crippen LogP) is 3.64. The quantitative estimate of drug-likeness (QED) is 0.295. The molecule has 1 heterocycles. The molecule has 23 heavy (non-hydrogen) atoms. The average Bonchev–Trinajstić information content (AvgIpc) is 3.09. The second kappa shape index (κ2) is 11.5. The summed E-state index contributed by atoms with van der Waals surface area (Å²) in [5, 5.41) is 6.80. The zero-order chi connectivity index (χ0) is 16.2. The molecule has 0 unspecified atom stereocenters. The third kappa shape index (κ3) is 7.87. The van der Waals surface area contributed by atoms with Crippen LogP contribution in [0.3, 0.4) is 0 Å². The summed E-state index contributed by atoms with van der Waals surface area (Å²) in [7, 11) is 0. The van der Waals surface area contributed by atoms with E-state index < -0.39 is 0 Å². The van der Waals surface area contributed by atoms with E-state index in [1.54, 1.807) is 0 Å². The van der Waals surface area contributed by atoms with Gasteiger partial charge in [0, 0.05) is 19.6 Å². The molecular formula is C19H35N3O. The van der Waals surface area contributed by atoms with E-state index in [1.165, 1.54) is 50.5 Å². The van der Waals surface area contributed by atoms with E-state index in [0.29, 0.717) is 0 Å². The second-order valence-corrected chi connectivity index (χ2v) is 6.77. The molecule has 0 aromatic carbocycles. The maximum Gasteiger partial charge on any atom is 0.191 e. The third-order valence-corrected chi connectivity index (χ3v) is 4.91. The molecule has 2 rings (SSSR count). The number of nitrogens with one attached hydrogen (secondary N) is 2. The summed E-state index contributed by atoms with van der Waals surface area (Å²) in [5.41, 5.74) is 1.51. The minimum atomic E-state index is 0.782. The van der Waals surface area contributed by atoms with Gasteiger partial charge >= 0.3 is 0 Å². The molecule has 1 fully saturated rings. The van der Waals surface area contributed by atoms with Gasteiger partial charge in [-0.3, -0.25) is 4.99 Å². The van der Waals surface area contributed by atoms with Crippen LogP contribution in [0, 0.1) is 5.92 Å². The van der Waals surface area contributed by atoms with Crippen LogP contribution in [0.5, 0.6) is 0 Å². The molecule has 1 aliphatic carbocycles. The van der Waals surface area contributed by atoms with Crippen molar-refractivity contribution in [2.24, 2.45) is 10.9 Å². The van der Waals surface area contributed by atoms with Gasteiger partial charge in [0.1, 0.15) is 0 Å². The Morgan fingerprint density at radius 1 is 1.26 bits per heavy atom. The first-order valence-electron chi connectivity index (χ1n) is 9.66. The number of aliphatic imine (C=N–C) groups is 1. The lowest BCUT2D eigenvalue weighted by Crippen LogP contribution is -2.38. The largest absolute Gasteiger partial charge is 0.377 e. The lowest BCUT2D eigenvalue weighted by atomic mass is 10.0. The van der Waals surface area contributed by atoms with E-state index in [2.05, 4.69) is 23.6 Å². The summed E-state index contributed by atoms with van der Waals surface area (Å²) in [4.78, 5) is 4.71. The number of ether oxygens (including phenoxy) is 1. The smallest absolute Gasteiger partial charge is 0.191 e. The molecule has 0 radical (unpaired) electrons. The SMILES string of the molecule is CCNC(=NCCCCC1CCCC1)NCCC1=CCOCC1. The molecule has 0 aromatic heterocycles. The highest BCUT2D eigenvalue weighted by molar-refractivity contribution is 5.79. The lowest BCUT2D eigenvalue weighted by molar-refractivity contribution is 0.153. The highest BCUT2D eigenvalue weighted by Gasteiger charge is 2.13. The molecule has 0 bridgehead atoms. The van der Waals surface area contributed by atoms with Crippen molar-refractivity contribution < 1.29 is 4.74 Å².